The molecule has 1 atom stereocenters. The quantitative estimate of drug-likeness (QED) is 0.489. The number of ether oxygens (including phenoxy) is 1. The van der Waals surface area contributed by atoms with Gasteiger partial charge in [-0.2, -0.15) is 5.26 Å². The fourth-order valence-electron chi connectivity index (χ4n) is 4.45. The molecule has 0 aromatic heterocycles. The fraction of sp³-hybridized carbons (Fsp3) is 0.400. The molecule has 6 heteroatoms. The summed E-state index contributed by atoms with van der Waals surface area (Å²) in [5.74, 6) is 1.52. The summed E-state index contributed by atoms with van der Waals surface area (Å²) >= 11 is 0. The number of hydrogen-bond donors (Lipinski definition) is 2. The number of nitrogens with zero attached hydrogens (tertiary/aromatic N) is 3. The van der Waals surface area contributed by atoms with Crippen molar-refractivity contribution in [2.75, 3.05) is 26.7 Å². The van der Waals surface area contributed by atoms with Gasteiger partial charge in [-0.05, 0) is 68.7 Å². The minimum Gasteiger partial charge on any atom is -0.457 e. The highest BCUT2D eigenvalue weighted by Gasteiger charge is 2.21. The third-order valence-corrected chi connectivity index (χ3v) is 6.94. The monoisotopic (exact) mass is 486 g/mol. The van der Waals surface area contributed by atoms with Crippen LogP contribution >= 0.6 is 0 Å². The summed E-state index contributed by atoms with van der Waals surface area (Å²) in [5.41, 5.74) is 13.9. The van der Waals surface area contributed by atoms with Crippen molar-refractivity contribution in [1.82, 2.24) is 4.90 Å². The Bertz CT molecular complexity index is 1210. The summed E-state index contributed by atoms with van der Waals surface area (Å²) < 4.78 is 6.54. The average Bonchev–Trinajstić information content (AvgIpc) is 3.13. The van der Waals surface area contributed by atoms with Crippen molar-refractivity contribution in [3.63, 3.8) is 0 Å². The van der Waals surface area contributed by atoms with Crippen LogP contribution in [-0.2, 0) is 0 Å². The molecular formula is C30H38N4O2. The van der Waals surface area contributed by atoms with E-state index in [0.717, 1.165) is 35.4 Å². The Hall–Kier alpha value is -3.40. The Kier molecular flexibility index (Phi) is 9.46. The highest BCUT2D eigenvalue weighted by Crippen LogP contribution is 2.33. The molecule has 1 heterocycles. The topological polar surface area (TPSA) is 94.9 Å². The van der Waals surface area contributed by atoms with Crippen molar-refractivity contribution < 1.29 is 9.84 Å². The van der Waals surface area contributed by atoms with E-state index in [4.69, 9.17) is 15.5 Å². The van der Waals surface area contributed by atoms with E-state index in [-0.39, 0.29) is 12.5 Å². The zero-order valence-electron chi connectivity index (χ0n) is 22.1. The van der Waals surface area contributed by atoms with E-state index < -0.39 is 0 Å². The lowest BCUT2D eigenvalue weighted by atomic mass is 9.94. The second kappa shape index (κ2) is 12.5. The largest absolute Gasteiger partial charge is 0.457 e. The normalized spacial score (nSPS) is 18.2. The Morgan fingerprint density at radius 3 is 2.69 bits per heavy atom. The van der Waals surface area contributed by atoms with Gasteiger partial charge in [-0.25, -0.2) is 0 Å². The standard InChI is InChI=1S/C30H38N4O2/c1-6-23-14-25(9-10-31)19-33-28(15-23)27-8-7-24(18-32)16-30(27)36-26-13-20(2)21(3)22(4)29(17-26)34(5)11-12-35/h7-8,13-14,16-17,19,21,35H,6,9-12,15,31H2,1-5H3. The Morgan fingerprint density at radius 1 is 1.25 bits per heavy atom. The molecule has 2 aliphatic rings. The van der Waals surface area contributed by atoms with Crippen LogP contribution in [-0.4, -0.2) is 42.5 Å². The summed E-state index contributed by atoms with van der Waals surface area (Å²) in [6.45, 7) is 9.72. The third-order valence-electron chi connectivity index (χ3n) is 6.94. The summed E-state index contributed by atoms with van der Waals surface area (Å²) in [6.07, 6.45) is 10.6. The maximum atomic E-state index is 9.59. The number of hydrogen-bond acceptors (Lipinski definition) is 6. The molecule has 0 saturated carbocycles. The molecule has 0 spiro atoms. The molecule has 0 saturated heterocycles. The van der Waals surface area contributed by atoms with Gasteiger partial charge < -0.3 is 20.5 Å². The first kappa shape index (κ1) is 27.2. The van der Waals surface area contributed by atoms with Crippen LogP contribution in [0.3, 0.4) is 0 Å². The van der Waals surface area contributed by atoms with Crippen LogP contribution in [0, 0.1) is 17.2 Å². The smallest absolute Gasteiger partial charge is 0.137 e. The second-order valence-corrected chi connectivity index (χ2v) is 9.45. The fourth-order valence-corrected chi connectivity index (χ4v) is 4.45. The summed E-state index contributed by atoms with van der Waals surface area (Å²) in [5, 5.41) is 19.1. The molecule has 0 radical (unpaired) electrons. The predicted molar refractivity (Wildman–Crippen MR) is 146 cm³/mol. The van der Waals surface area contributed by atoms with Crippen molar-refractivity contribution in [1.29, 1.82) is 5.26 Å². The molecule has 190 valence electrons. The van der Waals surface area contributed by atoms with E-state index in [1.165, 1.54) is 16.7 Å². The predicted octanol–water partition coefficient (Wildman–Crippen LogP) is 5.38. The minimum absolute atomic E-state index is 0.0687. The van der Waals surface area contributed by atoms with E-state index in [1.807, 2.05) is 36.4 Å². The summed E-state index contributed by atoms with van der Waals surface area (Å²) in [7, 11) is 1.97. The van der Waals surface area contributed by atoms with E-state index in [1.54, 1.807) is 6.07 Å². The molecule has 1 aliphatic carbocycles. The molecule has 0 bridgehead atoms. The summed E-state index contributed by atoms with van der Waals surface area (Å²) in [6, 6.07) is 7.76. The van der Waals surface area contributed by atoms with Crippen molar-refractivity contribution in [3.8, 4) is 11.8 Å². The van der Waals surface area contributed by atoms with Gasteiger partial charge in [0.05, 0.1) is 24.0 Å². The zero-order valence-corrected chi connectivity index (χ0v) is 22.1. The van der Waals surface area contributed by atoms with Crippen LogP contribution in [0.15, 0.2) is 81.4 Å². The van der Waals surface area contributed by atoms with Crippen molar-refractivity contribution >= 4 is 5.71 Å². The van der Waals surface area contributed by atoms with Crippen LogP contribution in [0.4, 0.5) is 0 Å². The minimum atomic E-state index is 0.0687. The average molecular weight is 487 g/mol. The number of aliphatic hydroxyl groups excluding tert-OH is 1. The molecule has 1 aromatic rings. The Labute approximate surface area is 215 Å². The first-order chi connectivity index (χ1) is 17.3. The Balaban J connectivity index is 2.09. The van der Waals surface area contributed by atoms with Gasteiger partial charge in [0.2, 0.25) is 0 Å². The lowest BCUT2D eigenvalue weighted by Gasteiger charge is -2.24. The Morgan fingerprint density at radius 2 is 2.03 bits per heavy atom. The molecule has 1 unspecified atom stereocenters. The molecule has 1 aromatic carbocycles. The molecule has 1 aliphatic heterocycles. The number of allylic oxidation sites excluding steroid dienone is 6. The molecule has 3 N–H and O–H groups in total. The summed E-state index contributed by atoms with van der Waals surface area (Å²) in [4.78, 5) is 6.88. The molecule has 0 amide bonds. The SMILES string of the molecule is CCC1=CC(CCN)=CN=C(c2ccc(C#N)cc2OC2=CC(N(C)CCO)=C(C)C(C)C(C)=C2)C1. The lowest BCUT2D eigenvalue weighted by Crippen LogP contribution is -2.23. The number of nitrogens with two attached hydrogens (primary N) is 1. The van der Waals surface area contributed by atoms with Crippen molar-refractivity contribution in [3.05, 3.63) is 87.5 Å². The van der Waals surface area contributed by atoms with Crippen LogP contribution < -0.4 is 10.5 Å². The van der Waals surface area contributed by atoms with Gasteiger partial charge in [0.1, 0.15) is 11.5 Å². The van der Waals surface area contributed by atoms with Gasteiger partial charge in [-0.1, -0.05) is 31.1 Å². The molecule has 6 nitrogen and oxygen atoms in total. The molecule has 0 fully saturated rings. The number of benzene rings is 1. The van der Waals surface area contributed by atoms with Crippen molar-refractivity contribution in [2.45, 2.75) is 47.0 Å². The maximum absolute atomic E-state index is 9.59. The first-order valence-corrected chi connectivity index (χ1v) is 12.6. The van der Waals surface area contributed by atoms with Gasteiger partial charge >= 0.3 is 0 Å². The lowest BCUT2D eigenvalue weighted by molar-refractivity contribution is 0.247. The highest BCUT2D eigenvalue weighted by molar-refractivity contribution is 6.05. The van der Waals surface area contributed by atoms with E-state index in [2.05, 4.69) is 45.9 Å². The van der Waals surface area contributed by atoms with E-state index >= 15 is 0 Å². The van der Waals surface area contributed by atoms with Gasteiger partial charge in [0.25, 0.3) is 0 Å². The zero-order chi connectivity index (χ0) is 26.2. The van der Waals surface area contributed by atoms with Gasteiger partial charge in [-0.15, -0.1) is 0 Å². The number of likely N-dealkylation sites (N-methyl/N-ethyl adjacent to an activating group) is 1. The van der Waals surface area contributed by atoms with Gasteiger partial charge in [0, 0.05) is 49.5 Å². The van der Waals surface area contributed by atoms with Crippen LogP contribution in [0.2, 0.25) is 0 Å². The number of aliphatic hydroxyl groups is 1. The first-order valence-electron chi connectivity index (χ1n) is 12.6. The van der Waals surface area contributed by atoms with Crippen molar-refractivity contribution in [2.24, 2.45) is 16.6 Å². The third kappa shape index (κ3) is 6.42. The number of nitriles is 1. The van der Waals surface area contributed by atoms with Crippen LogP contribution in [0.5, 0.6) is 5.75 Å². The molecule has 36 heavy (non-hydrogen) atoms. The van der Waals surface area contributed by atoms with Gasteiger partial charge in [0.15, 0.2) is 0 Å². The van der Waals surface area contributed by atoms with E-state index in [0.29, 0.717) is 36.6 Å². The number of rotatable bonds is 9. The van der Waals surface area contributed by atoms with Crippen LogP contribution in [0.1, 0.15) is 58.1 Å². The van der Waals surface area contributed by atoms with E-state index in [9.17, 15) is 10.4 Å². The molecule has 3 rings (SSSR count). The molecular weight excluding hydrogens is 448 g/mol. The second-order valence-electron chi connectivity index (χ2n) is 9.45. The highest BCUT2D eigenvalue weighted by atomic mass is 16.5. The number of aliphatic imine (C=N–C) groups is 1. The maximum Gasteiger partial charge on any atom is 0.137 e. The van der Waals surface area contributed by atoms with Gasteiger partial charge in [-0.3, -0.25) is 4.99 Å². The van der Waals surface area contributed by atoms with Crippen LogP contribution in [0.25, 0.3) is 0 Å².